The maximum Gasteiger partial charge on any atom is 0.315 e. The molecule has 0 bridgehead atoms. The Bertz CT molecular complexity index is 321. The highest BCUT2D eigenvalue weighted by Gasteiger charge is 2.10. The van der Waals surface area contributed by atoms with E-state index in [1.54, 1.807) is 13.8 Å². The van der Waals surface area contributed by atoms with Gasteiger partial charge in [0.25, 0.3) is 0 Å². The highest BCUT2D eigenvalue weighted by molar-refractivity contribution is 5.84. The number of hydrogen-bond donors (Lipinski definition) is 0. The predicted octanol–water partition coefficient (Wildman–Crippen LogP) is 1.29. The van der Waals surface area contributed by atoms with Gasteiger partial charge in [0.05, 0.1) is 12.1 Å². The van der Waals surface area contributed by atoms with Gasteiger partial charge in [0, 0.05) is 12.3 Å². The topological polar surface area (TPSA) is 51.0 Å². The summed E-state index contributed by atoms with van der Waals surface area (Å²) in [6.07, 6.45) is 4.35. The molecule has 0 saturated heterocycles. The number of hydrogen-bond acceptors (Lipinski definition) is 4. The molecule has 4 heteroatoms. The van der Waals surface area contributed by atoms with Crippen molar-refractivity contribution >= 4 is 18.1 Å². The number of nitrogens with zero attached hydrogens (tertiary/aromatic N) is 2. The van der Waals surface area contributed by atoms with Gasteiger partial charge in [0.15, 0.2) is 0 Å². The molecule has 0 radical (unpaired) electrons. The van der Waals surface area contributed by atoms with E-state index >= 15 is 0 Å². The Labute approximate surface area is 76.3 Å². The van der Waals surface area contributed by atoms with Crippen LogP contribution in [0.3, 0.4) is 0 Å². The van der Waals surface area contributed by atoms with E-state index in [0.29, 0.717) is 0 Å². The van der Waals surface area contributed by atoms with Crippen molar-refractivity contribution in [2.24, 2.45) is 15.9 Å². The lowest BCUT2D eigenvalue weighted by atomic mass is 10.2. The van der Waals surface area contributed by atoms with Gasteiger partial charge in [-0.1, -0.05) is 13.8 Å². The summed E-state index contributed by atoms with van der Waals surface area (Å²) in [5, 5.41) is 0. The highest BCUT2D eigenvalue weighted by atomic mass is 16.5. The van der Waals surface area contributed by atoms with Crippen molar-refractivity contribution in [3.63, 3.8) is 0 Å². The number of aliphatic imine (C=N–C) groups is 2. The fourth-order valence-electron chi connectivity index (χ4n) is 0.587. The minimum Gasteiger partial charge on any atom is -0.406 e. The molecule has 13 heavy (non-hydrogen) atoms. The van der Waals surface area contributed by atoms with Crippen LogP contribution in [0.4, 0.5) is 0 Å². The first-order chi connectivity index (χ1) is 6.20. The third-order valence-electron chi connectivity index (χ3n) is 1.28. The SMILES string of the molecule is CC(C)C(=O)OC1=CN=C=CC=N1. The van der Waals surface area contributed by atoms with Gasteiger partial charge in [-0.3, -0.25) is 4.79 Å². The Morgan fingerprint density at radius 3 is 3.08 bits per heavy atom. The van der Waals surface area contributed by atoms with E-state index in [0.717, 1.165) is 0 Å². The number of ether oxygens (including phenoxy) is 1. The number of carbonyl (C=O) groups is 1. The zero-order valence-electron chi connectivity index (χ0n) is 7.52. The van der Waals surface area contributed by atoms with E-state index in [9.17, 15) is 4.79 Å². The van der Waals surface area contributed by atoms with Crippen LogP contribution >= 0.6 is 0 Å². The Balaban J connectivity index is 2.61. The molecule has 0 saturated carbocycles. The minimum atomic E-state index is -0.319. The first kappa shape index (κ1) is 9.42. The summed E-state index contributed by atoms with van der Waals surface area (Å²) in [6.45, 7) is 3.51. The maximum absolute atomic E-state index is 11.1. The first-order valence-corrected chi connectivity index (χ1v) is 3.93. The van der Waals surface area contributed by atoms with Crippen LogP contribution in [-0.4, -0.2) is 18.1 Å². The minimum absolute atomic E-state index is 0.170. The van der Waals surface area contributed by atoms with Gasteiger partial charge in [0.2, 0.25) is 5.88 Å². The van der Waals surface area contributed by atoms with E-state index in [4.69, 9.17) is 4.74 Å². The maximum atomic E-state index is 11.1. The molecule has 0 aromatic carbocycles. The average Bonchev–Trinajstić information content (AvgIpc) is 2.32. The van der Waals surface area contributed by atoms with Crippen molar-refractivity contribution in [1.82, 2.24) is 0 Å². The van der Waals surface area contributed by atoms with Crippen molar-refractivity contribution < 1.29 is 9.53 Å². The summed E-state index contributed by atoms with van der Waals surface area (Å²) in [5.41, 5.74) is 0. The smallest absolute Gasteiger partial charge is 0.315 e. The van der Waals surface area contributed by atoms with Crippen molar-refractivity contribution in [2.75, 3.05) is 0 Å². The molecule has 0 aromatic heterocycles. The van der Waals surface area contributed by atoms with Crippen LogP contribution in [0, 0.1) is 5.92 Å². The Morgan fingerprint density at radius 2 is 2.38 bits per heavy atom. The van der Waals surface area contributed by atoms with E-state index in [1.165, 1.54) is 18.5 Å². The van der Waals surface area contributed by atoms with Crippen LogP contribution in [-0.2, 0) is 9.53 Å². The number of carbonyl (C=O) groups excluding carboxylic acids is 1. The molecular weight excluding hydrogens is 168 g/mol. The van der Waals surface area contributed by atoms with Gasteiger partial charge >= 0.3 is 5.97 Å². The van der Waals surface area contributed by atoms with E-state index in [-0.39, 0.29) is 17.8 Å². The van der Waals surface area contributed by atoms with Crippen LogP contribution < -0.4 is 0 Å². The quantitative estimate of drug-likeness (QED) is 0.598. The second kappa shape index (κ2) is 4.38. The second-order valence-electron chi connectivity index (χ2n) is 2.75. The lowest BCUT2D eigenvalue weighted by Crippen LogP contribution is -2.10. The third-order valence-corrected chi connectivity index (χ3v) is 1.28. The molecule has 4 nitrogen and oxygen atoms in total. The predicted molar refractivity (Wildman–Crippen MR) is 49.5 cm³/mol. The van der Waals surface area contributed by atoms with Crippen LogP contribution in [0.25, 0.3) is 0 Å². The Hall–Kier alpha value is -1.67. The van der Waals surface area contributed by atoms with Gasteiger partial charge in [-0.2, -0.15) is 0 Å². The molecule has 1 aliphatic heterocycles. The number of rotatable bonds is 2. The summed E-state index contributed by atoms with van der Waals surface area (Å²) in [6, 6.07) is 0. The molecule has 1 heterocycles. The molecule has 1 rings (SSSR count). The fraction of sp³-hybridized carbons (Fsp3) is 0.333. The van der Waals surface area contributed by atoms with Gasteiger partial charge in [-0.05, 0) is 5.87 Å². The Morgan fingerprint density at radius 1 is 1.62 bits per heavy atom. The van der Waals surface area contributed by atoms with Crippen LogP contribution in [0.5, 0.6) is 0 Å². The van der Waals surface area contributed by atoms with Gasteiger partial charge in [0.1, 0.15) is 0 Å². The van der Waals surface area contributed by atoms with Crippen LogP contribution in [0.1, 0.15) is 13.8 Å². The standard InChI is InChI=1S/C9H10N2O2/c1-7(2)9(12)13-8-6-10-4-3-5-11-8/h3,5-7H,1-2H3. The normalized spacial score (nSPS) is 14.2. The lowest BCUT2D eigenvalue weighted by Gasteiger charge is -2.04. The molecule has 0 aromatic rings. The van der Waals surface area contributed by atoms with Crippen LogP contribution in [0.2, 0.25) is 0 Å². The van der Waals surface area contributed by atoms with Gasteiger partial charge in [-0.15, -0.1) is 0 Å². The molecule has 0 atom stereocenters. The van der Waals surface area contributed by atoms with Gasteiger partial charge < -0.3 is 4.74 Å². The molecule has 1 aliphatic rings. The van der Waals surface area contributed by atoms with E-state index in [2.05, 4.69) is 15.9 Å². The van der Waals surface area contributed by atoms with Crippen molar-refractivity contribution in [3.05, 3.63) is 18.2 Å². The molecule has 0 fully saturated rings. The lowest BCUT2D eigenvalue weighted by molar-refractivity contribution is -0.143. The molecule has 68 valence electrons. The number of esters is 1. The molecule has 0 unspecified atom stereocenters. The molecule has 0 aliphatic carbocycles. The molecule has 0 amide bonds. The molecule has 0 spiro atoms. The van der Waals surface area contributed by atoms with E-state index < -0.39 is 0 Å². The Kier molecular flexibility index (Phi) is 3.17. The van der Waals surface area contributed by atoms with Crippen molar-refractivity contribution in [3.8, 4) is 0 Å². The summed E-state index contributed by atoms with van der Waals surface area (Å²) < 4.78 is 4.90. The summed E-state index contributed by atoms with van der Waals surface area (Å²) in [7, 11) is 0. The fourth-order valence-corrected chi connectivity index (χ4v) is 0.587. The van der Waals surface area contributed by atoms with Gasteiger partial charge in [-0.25, -0.2) is 9.98 Å². The second-order valence-corrected chi connectivity index (χ2v) is 2.75. The molecular formula is C9H10N2O2. The third kappa shape index (κ3) is 3.05. The van der Waals surface area contributed by atoms with Crippen molar-refractivity contribution in [1.29, 1.82) is 0 Å². The zero-order valence-corrected chi connectivity index (χ0v) is 7.52. The first-order valence-electron chi connectivity index (χ1n) is 3.93. The summed E-state index contributed by atoms with van der Waals surface area (Å²) >= 11 is 0. The highest BCUT2D eigenvalue weighted by Crippen LogP contribution is 2.05. The summed E-state index contributed by atoms with van der Waals surface area (Å²) in [5.74, 6) is 2.27. The molecule has 0 N–H and O–H groups in total. The number of allylic oxidation sites excluding steroid dienone is 1. The van der Waals surface area contributed by atoms with E-state index in [1.807, 2.05) is 0 Å². The van der Waals surface area contributed by atoms with Crippen LogP contribution in [0.15, 0.2) is 28.1 Å². The average molecular weight is 178 g/mol. The monoisotopic (exact) mass is 178 g/mol. The zero-order chi connectivity index (χ0) is 9.68. The summed E-state index contributed by atoms with van der Waals surface area (Å²) in [4.78, 5) is 18.6. The largest absolute Gasteiger partial charge is 0.406 e. The van der Waals surface area contributed by atoms with Crippen molar-refractivity contribution in [2.45, 2.75) is 13.8 Å².